The smallest absolute Gasteiger partial charge is 0.308 e. The second-order valence-corrected chi connectivity index (χ2v) is 8.85. The summed E-state index contributed by atoms with van der Waals surface area (Å²) in [4.78, 5) is 23.0. The first kappa shape index (κ1) is 21.8. The van der Waals surface area contributed by atoms with Gasteiger partial charge in [-0.05, 0) is 76.7 Å². The summed E-state index contributed by atoms with van der Waals surface area (Å²) in [6.07, 6.45) is 2.43. The van der Waals surface area contributed by atoms with Crippen LogP contribution in [0.25, 0.3) is 0 Å². The number of carbonyl (C=O) groups is 2. The Balaban J connectivity index is 2.00. The van der Waals surface area contributed by atoms with Crippen LogP contribution in [-0.2, 0) is 19.6 Å². The summed E-state index contributed by atoms with van der Waals surface area (Å²) in [6.45, 7) is 0.906. The number of amides is 1. The maximum Gasteiger partial charge on any atom is 0.308 e. The van der Waals surface area contributed by atoms with Gasteiger partial charge in [0.05, 0.1) is 18.2 Å². The number of sulfonamides is 1. The number of esters is 1. The summed E-state index contributed by atoms with van der Waals surface area (Å²) in [6, 6.07) is 13.3. The Morgan fingerprint density at radius 1 is 1.14 bits per heavy atom. The summed E-state index contributed by atoms with van der Waals surface area (Å²) < 4.78 is 30.9. The van der Waals surface area contributed by atoms with Crippen LogP contribution in [-0.4, -0.2) is 39.3 Å². The Morgan fingerprint density at radius 3 is 2.29 bits per heavy atom. The fourth-order valence-corrected chi connectivity index (χ4v) is 3.36. The Bertz CT molecular complexity index is 973. The van der Waals surface area contributed by atoms with Crippen molar-refractivity contribution in [2.45, 2.75) is 6.92 Å². The molecule has 0 unspecified atom stereocenters. The van der Waals surface area contributed by atoms with Crippen LogP contribution in [0.4, 0.5) is 5.69 Å². The number of benzene rings is 2. The normalized spacial score (nSPS) is 11.2. The molecule has 0 saturated heterocycles. The maximum atomic E-state index is 12.1. The monoisotopic (exact) mass is 515 g/mol. The molecule has 0 radical (unpaired) electrons. The number of nitrogens with zero attached hydrogens (tertiary/aromatic N) is 2. The number of ether oxygens (including phenoxy) is 1. The fourth-order valence-electron chi connectivity index (χ4n) is 2.14. The molecule has 0 aliphatic heterocycles. The van der Waals surface area contributed by atoms with E-state index in [1.165, 1.54) is 13.1 Å². The lowest BCUT2D eigenvalue weighted by molar-refractivity contribution is -0.131. The molecule has 10 heteroatoms. The van der Waals surface area contributed by atoms with Gasteiger partial charge in [0.25, 0.3) is 5.91 Å². The van der Waals surface area contributed by atoms with Gasteiger partial charge in [-0.25, -0.2) is 13.8 Å². The third-order valence-electron chi connectivity index (χ3n) is 3.35. The Kier molecular flexibility index (Phi) is 7.52. The molecule has 0 fully saturated rings. The molecule has 0 atom stereocenters. The lowest BCUT2D eigenvalue weighted by atomic mass is 10.2. The van der Waals surface area contributed by atoms with Crippen molar-refractivity contribution in [1.29, 1.82) is 0 Å². The molecule has 28 heavy (non-hydrogen) atoms. The van der Waals surface area contributed by atoms with Gasteiger partial charge in [0, 0.05) is 10.5 Å². The predicted octanol–water partition coefficient (Wildman–Crippen LogP) is 2.13. The van der Waals surface area contributed by atoms with Gasteiger partial charge in [-0.15, -0.1) is 0 Å². The fraction of sp³-hybridized carbons (Fsp3) is 0.167. The van der Waals surface area contributed by atoms with Crippen molar-refractivity contribution in [1.82, 2.24) is 5.43 Å². The molecule has 148 valence electrons. The van der Waals surface area contributed by atoms with Crippen molar-refractivity contribution in [3.63, 3.8) is 0 Å². The minimum atomic E-state index is -3.64. The number of rotatable bonds is 7. The van der Waals surface area contributed by atoms with Gasteiger partial charge in [-0.3, -0.25) is 13.9 Å². The molecule has 0 bridgehead atoms. The molecule has 0 saturated carbocycles. The van der Waals surface area contributed by atoms with E-state index in [4.69, 9.17) is 4.74 Å². The minimum Gasteiger partial charge on any atom is -0.427 e. The molecule has 2 rings (SSSR count). The van der Waals surface area contributed by atoms with Crippen molar-refractivity contribution in [2.75, 3.05) is 17.1 Å². The first-order valence-corrected chi connectivity index (χ1v) is 10.9. The average Bonchev–Trinajstić information content (AvgIpc) is 2.61. The van der Waals surface area contributed by atoms with Gasteiger partial charge in [0.15, 0.2) is 0 Å². The second kappa shape index (κ2) is 9.64. The van der Waals surface area contributed by atoms with E-state index in [2.05, 4.69) is 33.1 Å². The molecule has 1 amide bonds. The standard InChI is InChI=1S/C18H18IN3O5S/c1-13(23)27-17-9-3-14(4-10-17)11-20-21-18(24)12-22(28(2,25)26)16-7-5-15(19)6-8-16/h3-11H,12H2,1-2H3,(H,21,24)/b20-11-. The average molecular weight is 515 g/mol. The van der Waals surface area contributed by atoms with E-state index in [1.54, 1.807) is 48.5 Å². The van der Waals surface area contributed by atoms with E-state index in [0.717, 1.165) is 14.1 Å². The molecule has 0 aliphatic carbocycles. The third-order valence-corrected chi connectivity index (χ3v) is 5.21. The lowest BCUT2D eigenvalue weighted by Gasteiger charge is -2.21. The van der Waals surface area contributed by atoms with Crippen LogP contribution in [0.3, 0.4) is 0 Å². The van der Waals surface area contributed by atoms with E-state index in [0.29, 0.717) is 17.0 Å². The number of hydrogen-bond donors (Lipinski definition) is 1. The zero-order valence-electron chi connectivity index (χ0n) is 15.1. The maximum absolute atomic E-state index is 12.1. The number of hydrogen-bond acceptors (Lipinski definition) is 6. The van der Waals surface area contributed by atoms with E-state index in [-0.39, 0.29) is 0 Å². The molecule has 1 N–H and O–H groups in total. The first-order chi connectivity index (χ1) is 13.1. The number of carbonyl (C=O) groups excluding carboxylic acids is 2. The van der Waals surface area contributed by atoms with Crippen LogP contribution in [0.15, 0.2) is 53.6 Å². The van der Waals surface area contributed by atoms with Gasteiger partial charge in [-0.1, -0.05) is 0 Å². The van der Waals surface area contributed by atoms with Crippen molar-refractivity contribution in [3.05, 3.63) is 57.7 Å². The number of nitrogens with one attached hydrogen (secondary N) is 1. The predicted molar refractivity (Wildman–Crippen MR) is 115 cm³/mol. The van der Waals surface area contributed by atoms with Crippen LogP contribution >= 0.6 is 22.6 Å². The van der Waals surface area contributed by atoms with Gasteiger partial charge in [0.1, 0.15) is 12.3 Å². The topological polar surface area (TPSA) is 105 Å². The molecular weight excluding hydrogens is 497 g/mol. The Hall–Kier alpha value is -2.47. The van der Waals surface area contributed by atoms with Crippen LogP contribution in [0.1, 0.15) is 12.5 Å². The van der Waals surface area contributed by atoms with E-state index < -0.39 is 28.4 Å². The van der Waals surface area contributed by atoms with Gasteiger partial charge < -0.3 is 4.74 Å². The molecule has 0 aromatic heterocycles. The number of anilines is 1. The van der Waals surface area contributed by atoms with Gasteiger partial charge in [-0.2, -0.15) is 5.10 Å². The molecule has 0 aliphatic rings. The van der Waals surface area contributed by atoms with Crippen LogP contribution in [0.5, 0.6) is 5.75 Å². The highest BCUT2D eigenvalue weighted by Gasteiger charge is 2.20. The van der Waals surface area contributed by atoms with Crippen LogP contribution < -0.4 is 14.5 Å². The molecular formula is C18H18IN3O5S. The molecule has 0 spiro atoms. The summed E-state index contributed by atoms with van der Waals surface area (Å²) >= 11 is 2.11. The lowest BCUT2D eigenvalue weighted by Crippen LogP contribution is -2.39. The first-order valence-electron chi connectivity index (χ1n) is 7.99. The highest BCUT2D eigenvalue weighted by atomic mass is 127. The molecule has 0 heterocycles. The van der Waals surface area contributed by atoms with E-state index in [9.17, 15) is 18.0 Å². The third kappa shape index (κ3) is 6.93. The Morgan fingerprint density at radius 2 is 1.75 bits per heavy atom. The second-order valence-electron chi connectivity index (χ2n) is 5.70. The number of halogens is 1. The van der Waals surface area contributed by atoms with E-state index in [1.807, 2.05) is 0 Å². The zero-order chi connectivity index (χ0) is 20.7. The molecule has 8 nitrogen and oxygen atoms in total. The van der Waals surface area contributed by atoms with Gasteiger partial charge in [0.2, 0.25) is 10.0 Å². The summed E-state index contributed by atoms with van der Waals surface area (Å²) in [5, 5.41) is 3.82. The Labute approximate surface area is 176 Å². The largest absolute Gasteiger partial charge is 0.427 e. The minimum absolute atomic E-state index is 0.392. The van der Waals surface area contributed by atoms with Crippen LogP contribution in [0.2, 0.25) is 0 Å². The quantitative estimate of drug-likeness (QED) is 0.200. The summed E-state index contributed by atoms with van der Waals surface area (Å²) in [5.74, 6) is -0.607. The number of hydrazone groups is 1. The highest BCUT2D eigenvalue weighted by Crippen LogP contribution is 2.18. The molecule has 2 aromatic rings. The van der Waals surface area contributed by atoms with Crippen molar-refractivity contribution in [3.8, 4) is 5.75 Å². The van der Waals surface area contributed by atoms with E-state index >= 15 is 0 Å². The summed E-state index contributed by atoms with van der Waals surface area (Å²) in [5.41, 5.74) is 3.35. The van der Waals surface area contributed by atoms with Crippen molar-refractivity contribution >= 4 is 56.4 Å². The van der Waals surface area contributed by atoms with Gasteiger partial charge >= 0.3 is 5.97 Å². The van der Waals surface area contributed by atoms with Crippen LogP contribution in [0, 0.1) is 3.57 Å². The summed E-state index contributed by atoms with van der Waals surface area (Å²) in [7, 11) is -3.64. The SMILES string of the molecule is CC(=O)Oc1ccc(/C=N\NC(=O)CN(c2ccc(I)cc2)S(C)(=O)=O)cc1. The zero-order valence-corrected chi connectivity index (χ0v) is 18.1. The molecule has 2 aromatic carbocycles. The van der Waals surface area contributed by atoms with Crippen molar-refractivity contribution in [2.24, 2.45) is 5.10 Å². The highest BCUT2D eigenvalue weighted by molar-refractivity contribution is 14.1. The van der Waals surface area contributed by atoms with Crippen molar-refractivity contribution < 1.29 is 22.7 Å².